The lowest BCUT2D eigenvalue weighted by Gasteiger charge is -2.25. The first-order valence-corrected chi connectivity index (χ1v) is 9.79. The predicted molar refractivity (Wildman–Crippen MR) is 114 cm³/mol. The van der Waals surface area contributed by atoms with Gasteiger partial charge >= 0.3 is 0 Å². The molecule has 0 aromatic heterocycles. The van der Waals surface area contributed by atoms with Gasteiger partial charge in [0.05, 0.1) is 11.9 Å². The lowest BCUT2D eigenvalue weighted by molar-refractivity contribution is -0.121. The van der Waals surface area contributed by atoms with Crippen LogP contribution in [0.4, 0.5) is 0 Å². The van der Waals surface area contributed by atoms with E-state index in [-0.39, 0.29) is 5.91 Å². The standard InChI is InChI=1S/C19H40N6O2/c1-7-24(5)12-9-11-22-18(26)17(2)23-16-21-15-20-10-8-13-25(6)14-19(3,4)27/h15-17,27H,7-14H2,1-6H3,(H,22,26)(H,20,21,23). The molecule has 0 saturated carbocycles. The molecule has 8 nitrogen and oxygen atoms in total. The van der Waals surface area contributed by atoms with E-state index in [1.165, 1.54) is 6.34 Å². The molecule has 27 heavy (non-hydrogen) atoms. The van der Waals surface area contributed by atoms with Crippen molar-refractivity contribution in [2.45, 2.75) is 52.2 Å². The van der Waals surface area contributed by atoms with Gasteiger partial charge in [0, 0.05) is 19.6 Å². The summed E-state index contributed by atoms with van der Waals surface area (Å²) in [6.07, 6.45) is 4.87. The normalized spacial score (nSPS) is 13.8. The SMILES string of the molecule is CCN(C)CCCNC(=O)C(C)/N=C\N=C\NCCCN(C)CC(C)(C)O. The van der Waals surface area contributed by atoms with Crippen molar-refractivity contribution in [2.75, 3.05) is 53.4 Å². The van der Waals surface area contributed by atoms with Crippen LogP contribution >= 0.6 is 0 Å². The third kappa shape index (κ3) is 16.4. The van der Waals surface area contributed by atoms with Gasteiger partial charge in [-0.3, -0.25) is 9.79 Å². The molecule has 8 heteroatoms. The molecule has 0 aliphatic heterocycles. The second-order valence-corrected chi connectivity index (χ2v) is 7.62. The van der Waals surface area contributed by atoms with Crippen LogP contribution < -0.4 is 10.6 Å². The lowest BCUT2D eigenvalue weighted by atomic mass is 10.1. The molecule has 3 N–H and O–H groups in total. The number of hydrogen-bond acceptors (Lipinski definition) is 5. The Morgan fingerprint density at radius 3 is 2.44 bits per heavy atom. The zero-order valence-electron chi connectivity index (χ0n) is 18.0. The smallest absolute Gasteiger partial charge is 0.244 e. The highest BCUT2D eigenvalue weighted by molar-refractivity contribution is 5.83. The van der Waals surface area contributed by atoms with Crippen LogP contribution in [-0.2, 0) is 4.79 Å². The fourth-order valence-corrected chi connectivity index (χ4v) is 2.41. The van der Waals surface area contributed by atoms with Crippen molar-refractivity contribution in [3.05, 3.63) is 0 Å². The van der Waals surface area contributed by atoms with Crippen molar-refractivity contribution in [1.82, 2.24) is 20.4 Å². The second kappa shape index (κ2) is 14.5. The number of carbonyl (C=O) groups is 1. The molecule has 1 atom stereocenters. The first-order valence-electron chi connectivity index (χ1n) is 9.79. The van der Waals surface area contributed by atoms with Gasteiger partial charge in [-0.25, -0.2) is 4.99 Å². The van der Waals surface area contributed by atoms with E-state index in [4.69, 9.17) is 0 Å². The highest BCUT2D eigenvalue weighted by Crippen LogP contribution is 2.02. The average Bonchev–Trinajstić information content (AvgIpc) is 2.58. The predicted octanol–water partition coefficient (Wildman–Crippen LogP) is 0.572. The van der Waals surface area contributed by atoms with Crippen molar-refractivity contribution >= 4 is 18.6 Å². The molecule has 0 bridgehead atoms. The van der Waals surface area contributed by atoms with Crippen LogP contribution in [0.25, 0.3) is 0 Å². The summed E-state index contributed by atoms with van der Waals surface area (Å²) in [6, 6.07) is -0.443. The van der Waals surface area contributed by atoms with Gasteiger partial charge in [0.2, 0.25) is 5.91 Å². The molecule has 0 aromatic rings. The Morgan fingerprint density at radius 1 is 1.19 bits per heavy atom. The molecule has 0 aromatic carbocycles. The Bertz CT molecular complexity index is 448. The van der Waals surface area contributed by atoms with E-state index in [1.54, 1.807) is 27.1 Å². The van der Waals surface area contributed by atoms with Gasteiger partial charge in [0.1, 0.15) is 12.4 Å². The van der Waals surface area contributed by atoms with Gasteiger partial charge in [-0.15, -0.1) is 0 Å². The van der Waals surface area contributed by atoms with E-state index in [0.717, 1.165) is 39.0 Å². The Balaban J connectivity index is 3.79. The van der Waals surface area contributed by atoms with Crippen molar-refractivity contribution in [1.29, 1.82) is 0 Å². The molecule has 158 valence electrons. The van der Waals surface area contributed by atoms with Crippen LogP contribution in [0, 0.1) is 0 Å². The van der Waals surface area contributed by atoms with E-state index in [2.05, 4.69) is 44.4 Å². The molecule has 0 heterocycles. The van der Waals surface area contributed by atoms with E-state index in [1.807, 2.05) is 7.05 Å². The van der Waals surface area contributed by atoms with E-state index in [9.17, 15) is 9.90 Å². The number of carbonyl (C=O) groups excluding carboxylic acids is 1. The first-order chi connectivity index (χ1) is 12.7. The fourth-order valence-electron chi connectivity index (χ4n) is 2.41. The summed E-state index contributed by atoms with van der Waals surface area (Å²) in [6.45, 7) is 12.4. The number of nitrogens with zero attached hydrogens (tertiary/aromatic N) is 4. The Kier molecular flexibility index (Phi) is 13.7. The highest BCUT2D eigenvalue weighted by Gasteiger charge is 2.14. The molecule has 0 saturated heterocycles. The molecule has 0 spiro atoms. The largest absolute Gasteiger partial charge is 0.389 e. The monoisotopic (exact) mass is 384 g/mol. The number of nitrogens with one attached hydrogen (secondary N) is 2. The summed E-state index contributed by atoms with van der Waals surface area (Å²) in [7, 11) is 4.06. The topological polar surface area (TPSA) is 92.6 Å². The van der Waals surface area contributed by atoms with Gasteiger partial charge < -0.3 is 25.5 Å². The second-order valence-electron chi connectivity index (χ2n) is 7.62. The van der Waals surface area contributed by atoms with Gasteiger partial charge in [0.25, 0.3) is 0 Å². The van der Waals surface area contributed by atoms with Gasteiger partial charge in [0.15, 0.2) is 0 Å². The van der Waals surface area contributed by atoms with Crippen molar-refractivity contribution < 1.29 is 9.90 Å². The molecule has 1 amide bonds. The summed E-state index contributed by atoms with van der Waals surface area (Å²) in [5.41, 5.74) is -0.672. The zero-order valence-corrected chi connectivity index (χ0v) is 18.0. The van der Waals surface area contributed by atoms with E-state index < -0.39 is 11.6 Å². The molecule has 0 radical (unpaired) electrons. The quantitative estimate of drug-likeness (QED) is 0.218. The average molecular weight is 385 g/mol. The third-order valence-electron chi connectivity index (χ3n) is 3.98. The van der Waals surface area contributed by atoms with Gasteiger partial charge in [-0.1, -0.05) is 6.92 Å². The summed E-state index contributed by atoms with van der Waals surface area (Å²) >= 11 is 0. The van der Waals surface area contributed by atoms with E-state index in [0.29, 0.717) is 13.1 Å². The van der Waals surface area contributed by atoms with E-state index >= 15 is 0 Å². The minimum Gasteiger partial charge on any atom is -0.389 e. The summed E-state index contributed by atoms with van der Waals surface area (Å²) in [5.74, 6) is -0.0802. The summed E-state index contributed by atoms with van der Waals surface area (Å²) < 4.78 is 0. The molecular weight excluding hydrogens is 344 g/mol. The number of aliphatic hydroxyl groups is 1. The molecule has 0 aliphatic rings. The number of hydrogen-bond donors (Lipinski definition) is 3. The van der Waals surface area contributed by atoms with Crippen LogP contribution in [0.1, 0.15) is 40.5 Å². The minimum atomic E-state index is -0.672. The third-order valence-corrected chi connectivity index (χ3v) is 3.98. The number of amides is 1. The fraction of sp³-hybridized carbons (Fsp3) is 0.842. The van der Waals surface area contributed by atoms with Crippen LogP contribution in [0.2, 0.25) is 0 Å². The highest BCUT2D eigenvalue weighted by atomic mass is 16.3. The summed E-state index contributed by atoms with van der Waals surface area (Å²) in [4.78, 5) is 24.4. The van der Waals surface area contributed by atoms with Crippen molar-refractivity contribution in [3.8, 4) is 0 Å². The molecule has 1 unspecified atom stereocenters. The van der Waals surface area contributed by atoms with Gasteiger partial charge in [-0.05, 0) is 67.3 Å². The number of aliphatic imine (C=N–C) groups is 2. The van der Waals surface area contributed by atoms with Crippen molar-refractivity contribution in [2.24, 2.45) is 9.98 Å². The minimum absolute atomic E-state index is 0.0802. The Hall–Kier alpha value is -1.51. The summed E-state index contributed by atoms with van der Waals surface area (Å²) in [5, 5.41) is 15.7. The maximum absolute atomic E-state index is 11.9. The van der Waals surface area contributed by atoms with Crippen LogP contribution in [-0.4, -0.2) is 98.5 Å². The van der Waals surface area contributed by atoms with Gasteiger partial charge in [-0.2, -0.15) is 0 Å². The number of rotatable bonds is 15. The zero-order chi connectivity index (χ0) is 20.7. The molecule has 0 fully saturated rings. The van der Waals surface area contributed by atoms with Crippen molar-refractivity contribution in [3.63, 3.8) is 0 Å². The van der Waals surface area contributed by atoms with Crippen LogP contribution in [0.15, 0.2) is 9.98 Å². The molecular formula is C19H40N6O2. The maximum Gasteiger partial charge on any atom is 0.244 e. The Morgan fingerprint density at radius 2 is 1.81 bits per heavy atom. The molecule has 0 aliphatic carbocycles. The Labute approximate surface area is 165 Å². The van der Waals surface area contributed by atoms with Crippen LogP contribution in [0.5, 0.6) is 0 Å². The maximum atomic E-state index is 11.9. The number of likely N-dealkylation sites (N-methyl/N-ethyl adjacent to an activating group) is 1. The lowest BCUT2D eigenvalue weighted by Crippen LogP contribution is -2.37. The molecule has 0 rings (SSSR count). The first kappa shape index (κ1) is 25.5. The van der Waals surface area contributed by atoms with Crippen LogP contribution in [0.3, 0.4) is 0 Å².